The molecule has 3 nitrogen and oxygen atoms in total. The lowest BCUT2D eigenvalue weighted by atomic mass is 9.82. The molecule has 0 spiro atoms. The predicted octanol–water partition coefficient (Wildman–Crippen LogP) is 0.136. The SMILES string of the molecule is OC1CC(CNC2CCOC2)C1. The Labute approximate surface area is 73.1 Å². The van der Waals surface area contributed by atoms with Crippen molar-refractivity contribution in [2.45, 2.75) is 31.4 Å². The van der Waals surface area contributed by atoms with Crippen LogP contribution in [0.4, 0.5) is 0 Å². The summed E-state index contributed by atoms with van der Waals surface area (Å²) < 4.78 is 5.25. The molecule has 0 aromatic carbocycles. The number of rotatable bonds is 3. The number of hydrogen-bond donors (Lipinski definition) is 2. The van der Waals surface area contributed by atoms with Crippen molar-refractivity contribution in [2.24, 2.45) is 5.92 Å². The third-order valence-corrected chi connectivity index (χ3v) is 2.84. The van der Waals surface area contributed by atoms with Gasteiger partial charge in [0.2, 0.25) is 0 Å². The topological polar surface area (TPSA) is 41.5 Å². The summed E-state index contributed by atoms with van der Waals surface area (Å²) in [6.45, 7) is 2.84. The zero-order valence-corrected chi connectivity index (χ0v) is 7.33. The summed E-state index contributed by atoms with van der Waals surface area (Å²) in [5.74, 6) is 0.709. The molecule has 12 heavy (non-hydrogen) atoms. The van der Waals surface area contributed by atoms with Gasteiger partial charge in [-0.1, -0.05) is 0 Å². The Morgan fingerprint density at radius 1 is 1.42 bits per heavy atom. The molecule has 70 valence electrons. The first-order valence-corrected chi connectivity index (χ1v) is 4.84. The van der Waals surface area contributed by atoms with Gasteiger partial charge in [-0.3, -0.25) is 0 Å². The van der Waals surface area contributed by atoms with Crippen LogP contribution in [0.5, 0.6) is 0 Å². The standard InChI is InChI=1S/C9H17NO2/c11-9-3-7(4-9)5-10-8-1-2-12-6-8/h7-11H,1-6H2. The lowest BCUT2D eigenvalue weighted by Gasteiger charge is -2.32. The highest BCUT2D eigenvalue weighted by molar-refractivity contribution is 4.82. The highest BCUT2D eigenvalue weighted by Crippen LogP contribution is 2.26. The molecule has 1 unspecified atom stereocenters. The van der Waals surface area contributed by atoms with Crippen LogP contribution < -0.4 is 5.32 Å². The van der Waals surface area contributed by atoms with Crippen LogP contribution in [0.25, 0.3) is 0 Å². The minimum Gasteiger partial charge on any atom is -0.393 e. The van der Waals surface area contributed by atoms with Crippen LogP contribution in [-0.4, -0.2) is 37.0 Å². The maximum Gasteiger partial charge on any atom is 0.0620 e. The van der Waals surface area contributed by atoms with Gasteiger partial charge in [0.15, 0.2) is 0 Å². The minimum absolute atomic E-state index is 0.0170. The Hall–Kier alpha value is -0.120. The number of aliphatic hydroxyl groups is 1. The van der Waals surface area contributed by atoms with E-state index < -0.39 is 0 Å². The van der Waals surface area contributed by atoms with Gasteiger partial charge in [-0.15, -0.1) is 0 Å². The van der Waals surface area contributed by atoms with Crippen molar-refractivity contribution < 1.29 is 9.84 Å². The Morgan fingerprint density at radius 2 is 2.25 bits per heavy atom. The van der Waals surface area contributed by atoms with E-state index in [0.717, 1.165) is 39.0 Å². The molecular weight excluding hydrogens is 154 g/mol. The van der Waals surface area contributed by atoms with Crippen LogP contribution in [0, 0.1) is 5.92 Å². The molecule has 1 saturated carbocycles. The lowest BCUT2D eigenvalue weighted by Crippen LogP contribution is -2.40. The quantitative estimate of drug-likeness (QED) is 0.634. The van der Waals surface area contributed by atoms with Gasteiger partial charge in [-0.05, 0) is 31.7 Å². The van der Waals surface area contributed by atoms with E-state index in [-0.39, 0.29) is 6.10 Å². The molecule has 2 rings (SSSR count). The normalized spacial score (nSPS) is 41.2. The highest BCUT2D eigenvalue weighted by Gasteiger charge is 2.27. The average Bonchev–Trinajstić information content (AvgIpc) is 2.47. The molecule has 1 saturated heterocycles. The average molecular weight is 171 g/mol. The van der Waals surface area contributed by atoms with Gasteiger partial charge in [0.1, 0.15) is 0 Å². The first kappa shape index (κ1) is 8.48. The fraction of sp³-hybridized carbons (Fsp3) is 1.00. The van der Waals surface area contributed by atoms with Crippen molar-refractivity contribution in [2.75, 3.05) is 19.8 Å². The van der Waals surface area contributed by atoms with E-state index in [9.17, 15) is 0 Å². The van der Waals surface area contributed by atoms with Gasteiger partial charge in [0.05, 0.1) is 12.7 Å². The van der Waals surface area contributed by atoms with Crippen LogP contribution in [0.15, 0.2) is 0 Å². The Morgan fingerprint density at radius 3 is 2.83 bits per heavy atom. The van der Waals surface area contributed by atoms with Crippen molar-refractivity contribution >= 4 is 0 Å². The molecule has 1 aliphatic heterocycles. The summed E-state index contributed by atoms with van der Waals surface area (Å²) in [7, 11) is 0. The highest BCUT2D eigenvalue weighted by atomic mass is 16.5. The summed E-state index contributed by atoms with van der Waals surface area (Å²) in [4.78, 5) is 0. The van der Waals surface area contributed by atoms with E-state index >= 15 is 0 Å². The summed E-state index contributed by atoms with van der Waals surface area (Å²) >= 11 is 0. The first-order chi connectivity index (χ1) is 5.84. The van der Waals surface area contributed by atoms with Crippen LogP contribution in [0.2, 0.25) is 0 Å². The number of nitrogens with one attached hydrogen (secondary N) is 1. The molecular formula is C9H17NO2. The van der Waals surface area contributed by atoms with Gasteiger partial charge in [-0.2, -0.15) is 0 Å². The third-order valence-electron chi connectivity index (χ3n) is 2.84. The van der Waals surface area contributed by atoms with E-state index in [1.165, 1.54) is 0 Å². The molecule has 0 radical (unpaired) electrons. The fourth-order valence-electron chi connectivity index (χ4n) is 1.90. The van der Waals surface area contributed by atoms with Crippen LogP contribution in [0.3, 0.4) is 0 Å². The maximum absolute atomic E-state index is 9.06. The van der Waals surface area contributed by atoms with E-state index in [4.69, 9.17) is 9.84 Å². The van der Waals surface area contributed by atoms with E-state index in [2.05, 4.69) is 5.32 Å². The molecule has 0 bridgehead atoms. The zero-order chi connectivity index (χ0) is 8.39. The second kappa shape index (κ2) is 3.73. The molecule has 0 aromatic rings. The number of hydrogen-bond acceptors (Lipinski definition) is 3. The molecule has 0 amide bonds. The van der Waals surface area contributed by atoms with E-state index in [0.29, 0.717) is 12.0 Å². The van der Waals surface area contributed by atoms with Crippen LogP contribution in [0.1, 0.15) is 19.3 Å². The zero-order valence-electron chi connectivity index (χ0n) is 7.33. The first-order valence-electron chi connectivity index (χ1n) is 4.84. The second-order valence-electron chi connectivity index (χ2n) is 3.96. The molecule has 3 heteroatoms. The van der Waals surface area contributed by atoms with Crippen LogP contribution in [-0.2, 0) is 4.74 Å². The smallest absolute Gasteiger partial charge is 0.0620 e. The molecule has 1 aliphatic carbocycles. The van der Waals surface area contributed by atoms with Gasteiger partial charge >= 0.3 is 0 Å². The molecule has 2 N–H and O–H groups in total. The lowest BCUT2D eigenvalue weighted by molar-refractivity contribution is 0.0416. The van der Waals surface area contributed by atoms with Crippen molar-refractivity contribution in [1.29, 1.82) is 0 Å². The van der Waals surface area contributed by atoms with Gasteiger partial charge in [-0.25, -0.2) is 0 Å². The molecule has 1 heterocycles. The third kappa shape index (κ3) is 1.97. The maximum atomic E-state index is 9.06. The van der Waals surface area contributed by atoms with Crippen molar-refractivity contribution in [3.63, 3.8) is 0 Å². The van der Waals surface area contributed by atoms with Gasteiger partial charge < -0.3 is 15.2 Å². The molecule has 2 fully saturated rings. The van der Waals surface area contributed by atoms with Gasteiger partial charge in [0.25, 0.3) is 0 Å². The van der Waals surface area contributed by atoms with E-state index in [1.807, 2.05) is 0 Å². The summed E-state index contributed by atoms with van der Waals surface area (Å²) in [6.07, 6.45) is 3.10. The van der Waals surface area contributed by atoms with E-state index in [1.54, 1.807) is 0 Å². The summed E-state index contributed by atoms with van der Waals surface area (Å²) in [5, 5.41) is 12.5. The van der Waals surface area contributed by atoms with Gasteiger partial charge in [0, 0.05) is 12.6 Å². The summed E-state index contributed by atoms with van der Waals surface area (Å²) in [6, 6.07) is 0.572. The number of aliphatic hydroxyl groups excluding tert-OH is 1. The van der Waals surface area contributed by atoms with Crippen molar-refractivity contribution in [3.8, 4) is 0 Å². The number of ether oxygens (including phenoxy) is 1. The van der Waals surface area contributed by atoms with Crippen molar-refractivity contribution in [3.05, 3.63) is 0 Å². The molecule has 2 aliphatic rings. The molecule has 1 atom stereocenters. The van der Waals surface area contributed by atoms with Crippen LogP contribution >= 0.6 is 0 Å². The molecule has 0 aromatic heterocycles. The summed E-state index contributed by atoms with van der Waals surface area (Å²) in [5.41, 5.74) is 0. The Kier molecular flexibility index (Phi) is 2.63. The Balaban J connectivity index is 1.56. The minimum atomic E-state index is -0.0170. The van der Waals surface area contributed by atoms with Crippen molar-refractivity contribution in [1.82, 2.24) is 5.32 Å². The largest absolute Gasteiger partial charge is 0.393 e. The monoisotopic (exact) mass is 171 g/mol. The Bertz CT molecular complexity index is 139. The second-order valence-corrected chi connectivity index (χ2v) is 3.96. The fourth-order valence-corrected chi connectivity index (χ4v) is 1.90. The predicted molar refractivity (Wildman–Crippen MR) is 46.0 cm³/mol.